The molecule has 0 rings (SSSR count). The van der Waals surface area contributed by atoms with E-state index >= 15 is 0 Å². The Morgan fingerprint density at radius 3 is 2.54 bits per heavy atom. The molecule has 0 aromatic rings. The quantitative estimate of drug-likeness (QED) is 0.350. The van der Waals surface area contributed by atoms with E-state index < -0.39 is 0 Å². The molecule has 0 radical (unpaired) electrons. The van der Waals surface area contributed by atoms with E-state index in [4.69, 9.17) is 15.9 Å². The molecule has 0 aromatic carbocycles. The summed E-state index contributed by atoms with van der Waals surface area (Å²) in [6, 6.07) is 0.0189. The molecular weight excluding hydrogens is 166 g/mol. The average Bonchev–Trinajstić information content (AvgIpc) is 2.11. The Bertz CT molecular complexity index is 150. The smallest absolute Gasteiger partial charge is 0.108 e. The molecule has 4 nitrogen and oxygen atoms in total. The van der Waals surface area contributed by atoms with E-state index in [1.807, 2.05) is 13.8 Å². The van der Waals surface area contributed by atoms with Crippen LogP contribution in [0.3, 0.4) is 0 Å². The number of nitrogens with zero attached hydrogens (tertiary/aromatic N) is 1. The summed E-state index contributed by atoms with van der Waals surface area (Å²) < 4.78 is 5.24. The topological polar surface area (TPSA) is 62.3 Å². The van der Waals surface area contributed by atoms with Crippen molar-refractivity contribution in [1.29, 1.82) is 5.41 Å². The molecule has 78 valence electrons. The first kappa shape index (κ1) is 12.4. The van der Waals surface area contributed by atoms with Crippen LogP contribution in [0.15, 0.2) is 0 Å². The molecule has 0 aromatic heterocycles. The molecule has 0 aliphatic rings. The minimum atomic E-state index is 0.0189. The Morgan fingerprint density at radius 1 is 1.54 bits per heavy atom. The van der Waals surface area contributed by atoms with Crippen LogP contribution >= 0.6 is 0 Å². The molecule has 0 amide bonds. The molecule has 13 heavy (non-hydrogen) atoms. The maximum absolute atomic E-state index is 7.31. The molecule has 0 heterocycles. The third-order valence-corrected chi connectivity index (χ3v) is 2.13. The van der Waals surface area contributed by atoms with E-state index in [1.165, 1.54) is 0 Å². The van der Waals surface area contributed by atoms with Crippen molar-refractivity contribution in [3.05, 3.63) is 0 Å². The largest absolute Gasteiger partial charge is 0.386 e. The van der Waals surface area contributed by atoms with Crippen LogP contribution in [0, 0.1) is 5.41 Å². The predicted molar refractivity (Wildman–Crippen MR) is 55.1 cm³/mol. The Kier molecular flexibility index (Phi) is 6.54. The van der Waals surface area contributed by atoms with Gasteiger partial charge in [0, 0.05) is 13.2 Å². The Morgan fingerprint density at radius 2 is 2.15 bits per heavy atom. The maximum atomic E-state index is 7.31. The molecule has 3 N–H and O–H groups in total. The molecular formula is C9H21N3O. The summed E-state index contributed by atoms with van der Waals surface area (Å²) in [5, 5.41) is 7.31. The highest BCUT2D eigenvalue weighted by Crippen LogP contribution is 1.97. The van der Waals surface area contributed by atoms with Gasteiger partial charge in [0.05, 0.1) is 12.6 Å². The van der Waals surface area contributed by atoms with E-state index in [9.17, 15) is 0 Å². The van der Waals surface area contributed by atoms with Crippen molar-refractivity contribution in [3.63, 3.8) is 0 Å². The van der Waals surface area contributed by atoms with E-state index in [-0.39, 0.29) is 11.9 Å². The number of rotatable bonds is 7. The summed E-state index contributed by atoms with van der Waals surface area (Å²) in [5.41, 5.74) is 5.42. The fourth-order valence-electron chi connectivity index (χ4n) is 1.15. The minimum Gasteiger partial charge on any atom is -0.386 e. The van der Waals surface area contributed by atoms with Crippen molar-refractivity contribution in [2.24, 2.45) is 5.73 Å². The first-order valence-corrected chi connectivity index (χ1v) is 4.79. The second kappa shape index (κ2) is 6.86. The van der Waals surface area contributed by atoms with Crippen molar-refractivity contribution >= 4 is 5.84 Å². The van der Waals surface area contributed by atoms with Crippen molar-refractivity contribution in [3.8, 4) is 0 Å². The normalized spacial score (nSPS) is 13.2. The second-order valence-electron chi connectivity index (χ2n) is 2.96. The third-order valence-electron chi connectivity index (χ3n) is 2.13. The third kappa shape index (κ3) is 4.85. The Hall–Kier alpha value is -0.610. The summed E-state index contributed by atoms with van der Waals surface area (Å²) in [5.74, 6) is 0.221. The fraction of sp³-hybridized carbons (Fsp3) is 0.889. The summed E-state index contributed by atoms with van der Waals surface area (Å²) in [6.07, 6.45) is 0. The van der Waals surface area contributed by atoms with Gasteiger partial charge < -0.3 is 10.5 Å². The number of amidine groups is 1. The van der Waals surface area contributed by atoms with Crippen LogP contribution in [0.1, 0.15) is 20.8 Å². The molecule has 1 unspecified atom stereocenters. The fourth-order valence-corrected chi connectivity index (χ4v) is 1.15. The van der Waals surface area contributed by atoms with Crippen molar-refractivity contribution in [2.45, 2.75) is 26.8 Å². The van der Waals surface area contributed by atoms with E-state index in [2.05, 4.69) is 11.8 Å². The lowest BCUT2D eigenvalue weighted by Gasteiger charge is -2.26. The molecule has 1 atom stereocenters. The van der Waals surface area contributed by atoms with Gasteiger partial charge in [0.25, 0.3) is 0 Å². The van der Waals surface area contributed by atoms with Gasteiger partial charge in [0.1, 0.15) is 5.84 Å². The highest BCUT2D eigenvalue weighted by atomic mass is 16.5. The SMILES string of the molecule is CCOCCN(CC)C(C)C(=N)N. The number of nitrogens with one attached hydrogen (secondary N) is 1. The first-order valence-electron chi connectivity index (χ1n) is 4.79. The monoisotopic (exact) mass is 187 g/mol. The van der Waals surface area contributed by atoms with Crippen LogP contribution < -0.4 is 5.73 Å². The van der Waals surface area contributed by atoms with Gasteiger partial charge in [-0.2, -0.15) is 0 Å². The van der Waals surface area contributed by atoms with Gasteiger partial charge in [0.2, 0.25) is 0 Å². The van der Waals surface area contributed by atoms with Crippen LogP contribution in [-0.4, -0.2) is 43.1 Å². The highest BCUT2D eigenvalue weighted by molar-refractivity contribution is 5.82. The molecule has 4 heteroatoms. The highest BCUT2D eigenvalue weighted by Gasteiger charge is 2.13. The summed E-state index contributed by atoms with van der Waals surface area (Å²) in [6.45, 7) is 9.17. The predicted octanol–water partition coefficient (Wildman–Crippen LogP) is 0.669. The van der Waals surface area contributed by atoms with Gasteiger partial charge in [-0.15, -0.1) is 0 Å². The van der Waals surface area contributed by atoms with Crippen molar-refractivity contribution in [2.75, 3.05) is 26.3 Å². The van der Waals surface area contributed by atoms with Crippen molar-refractivity contribution < 1.29 is 4.74 Å². The number of ether oxygens (including phenoxy) is 1. The van der Waals surface area contributed by atoms with Gasteiger partial charge in [-0.3, -0.25) is 10.3 Å². The zero-order valence-electron chi connectivity index (χ0n) is 8.84. The number of hydrogen-bond acceptors (Lipinski definition) is 3. The van der Waals surface area contributed by atoms with Crippen LogP contribution in [0.5, 0.6) is 0 Å². The Labute approximate surface area is 80.6 Å². The Balaban J connectivity index is 3.80. The molecule has 0 aliphatic carbocycles. The molecule has 0 bridgehead atoms. The van der Waals surface area contributed by atoms with Gasteiger partial charge in [-0.05, 0) is 20.4 Å². The molecule has 0 saturated carbocycles. The summed E-state index contributed by atoms with van der Waals surface area (Å²) >= 11 is 0. The second-order valence-corrected chi connectivity index (χ2v) is 2.96. The minimum absolute atomic E-state index is 0.0189. The average molecular weight is 187 g/mol. The maximum Gasteiger partial charge on any atom is 0.108 e. The van der Waals surface area contributed by atoms with E-state index in [1.54, 1.807) is 0 Å². The summed E-state index contributed by atoms with van der Waals surface area (Å²) in [4.78, 5) is 2.12. The van der Waals surface area contributed by atoms with Gasteiger partial charge in [-0.25, -0.2) is 0 Å². The van der Waals surface area contributed by atoms with Crippen LogP contribution in [0.4, 0.5) is 0 Å². The zero-order valence-corrected chi connectivity index (χ0v) is 8.84. The molecule has 0 fully saturated rings. The molecule has 0 aliphatic heterocycles. The lowest BCUT2D eigenvalue weighted by atomic mass is 10.2. The van der Waals surface area contributed by atoms with Crippen molar-refractivity contribution in [1.82, 2.24) is 4.90 Å². The van der Waals surface area contributed by atoms with Gasteiger partial charge in [-0.1, -0.05) is 6.92 Å². The summed E-state index contributed by atoms with van der Waals surface area (Å²) in [7, 11) is 0. The first-order chi connectivity index (χ1) is 6.13. The lowest BCUT2D eigenvalue weighted by molar-refractivity contribution is 0.110. The van der Waals surface area contributed by atoms with E-state index in [0.29, 0.717) is 6.61 Å². The number of hydrogen-bond donors (Lipinski definition) is 2. The van der Waals surface area contributed by atoms with Crippen LogP contribution in [0.2, 0.25) is 0 Å². The molecule has 0 spiro atoms. The van der Waals surface area contributed by atoms with E-state index in [0.717, 1.165) is 19.7 Å². The standard InChI is InChI=1S/C9H21N3O/c1-4-12(6-7-13-5-2)8(3)9(10)11/h8H,4-7H2,1-3H3,(H3,10,11). The van der Waals surface area contributed by atoms with Gasteiger partial charge >= 0.3 is 0 Å². The number of likely N-dealkylation sites (N-methyl/N-ethyl adjacent to an activating group) is 1. The van der Waals surface area contributed by atoms with Gasteiger partial charge in [0.15, 0.2) is 0 Å². The zero-order chi connectivity index (χ0) is 10.3. The van der Waals surface area contributed by atoms with Crippen LogP contribution in [0.25, 0.3) is 0 Å². The number of nitrogens with two attached hydrogens (primary N) is 1. The molecule has 0 saturated heterocycles. The van der Waals surface area contributed by atoms with Crippen LogP contribution in [-0.2, 0) is 4.74 Å². The lowest BCUT2D eigenvalue weighted by Crippen LogP contribution is -2.43.